The molecule has 5 nitrogen and oxygen atoms in total. The molecule has 2 amide bonds. The molecule has 0 saturated carbocycles. The molecule has 0 fully saturated rings. The minimum Gasteiger partial charge on any atom is -0.394 e. The highest BCUT2D eigenvalue weighted by Gasteiger charge is 2.15. The van der Waals surface area contributed by atoms with Crippen molar-refractivity contribution in [3.05, 3.63) is 35.4 Å². The summed E-state index contributed by atoms with van der Waals surface area (Å²) >= 11 is 0. The van der Waals surface area contributed by atoms with Gasteiger partial charge in [0.05, 0.1) is 19.2 Å². The summed E-state index contributed by atoms with van der Waals surface area (Å²) in [5, 5.41) is 11.6. The number of aliphatic hydroxyl groups is 1. The van der Waals surface area contributed by atoms with Gasteiger partial charge in [0, 0.05) is 13.5 Å². The number of aliphatic hydroxyl groups excluding tert-OH is 1. The van der Waals surface area contributed by atoms with Gasteiger partial charge in [0.1, 0.15) is 0 Å². The minimum atomic E-state index is -0.248. The smallest absolute Gasteiger partial charge is 0.242 e. The molecule has 0 spiro atoms. The lowest BCUT2D eigenvalue weighted by Crippen LogP contribution is -2.43. The van der Waals surface area contributed by atoms with Gasteiger partial charge in [-0.15, -0.1) is 0 Å². The second-order valence-corrected chi connectivity index (χ2v) is 5.30. The molecule has 5 heteroatoms. The van der Waals surface area contributed by atoms with Crippen molar-refractivity contribution in [2.75, 3.05) is 20.2 Å². The Labute approximate surface area is 126 Å². The highest BCUT2D eigenvalue weighted by Crippen LogP contribution is 2.05. The molecule has 1 rings (SSSR count). The van der Waals surface area contributed by atoms with E-state index in [0.29, 0.717) is 12.8 Å². The number of hydrogen-bond donors (Lipinski definition) is 2. The monoisotopic (exact) mass is 292 g/mol. The molecule has 116 valence electrons. The van der Waals surface area contributed by atoms with Crippen LogP contribution < -0.4 is 5.32 Å². The Morgan fingerprint density at radius 2 is 1.90 bits per heavy atom. The maximum atomic E-state index is 11.8. The molecule has 2 N–H and O–H groups in total. The largest absolute Gasteiger partial charge is 0.394 e. The van der Waals surface area contributed by atoms with Gasteiger partial charge in [-0.2, -0.15) is 0 Å². The minimum absolute atomic E-state index is 0.0342. The molecule has 0 aliphatic heterocycles. The second-order valence-electron chi connectivity index (χ2n) is 5.30. The molecule has 1 atom stereocenters. The zero-order valence-corrected chi connectivity index (χ0v) is 12.9. The molecule has 0 radical (unpaired) electrons. The molecular weight excluding hydrogens is 268 g/mol. The third-order valence-corrected chi connectivity index (χ3v) is 3.52. The Bertz CT molecular complexity index is 471. The van der Waals surface area contributed by atoms with Crippen molar-refractivity contribution in [2.24, 2.45) is 0 Å². The van der Waals surface area contributed by atoms with Crippen LogP contribution in [0.5, 0.6) is 0 Å². The molecule has 1 aromatic rings. The fraction of sp³-hybridized carbons (Fsp3) is 0.500. The number of nitrogens with one attached hydrogen (secondary N) is 1. The lowest BCUT2D eigenvalue weighted by molar-refractivity contribution is -0.133. The van der Waals surface area contributed by atoms with E-state index in [0.717, 1.165) is 5.56 Å². The number of likely N-dealkylation sites (N-methyl/N-ethyl adjacent to an activating group) is 1. The first-order valence-corrected chi connectivity index (χ1v) is 7.12. The zero-order chi connectivity index (χ0) is 15.8. The summed E-state index contributed by atoms with van der Waals surface area (Å²) in [5.41, 5.74) is 2.29. The van der Waals surface area contributed by atoms with Gasteiger partial charge < -0.3 is 15.3 Å². The van der Waals surface area contributed by atoms with Gasteiger partial charge >= 0.3 is 0 Å². The fourth-order valence-electron chi connectivity index (χ4n) is 1.77. The van der Waals surface area contributed by atoms with E-state index in [1.54, 1.807) is 14.0 Å². The average Bonchev–Trinajstić information content (AvgIpc) is 2.50. The summed E-state index contributed by atoms with van der Waals surface area (Å²) in [5.74, 6) is -0.353. The summed E-state index contributed by atoms with van der Waals surface area (Å²) in [6, 6.07) is 7.79. The number of nitrogens with zero attached hydrogens (tertiary/aromatic N) is 1. The second kappa shape index (κ2) is 8.42. The maximum absolute atomic E-state index is 11.8. The van der Waals surface area contributed by atoms with Crippen molar-refractivity contribution >= 4 is 11.8 Å². The molecule has 0 aliphatic carbocycles. The average molecular weight is 292 g/mol. The molecule has 0 saturated heterocycles. The first kappa shape index (κ1) is 17.2. The van der Waals surface area contributed by atoms with Crippen LogP contribution in [0.3, 0.4) is 0 Å². The topological polar surface area (TPSA) is 69.6 Å². The van der Waals surface area contributed by atoms with Gasteiger partial charge in [-0.1, -0.05) is 29.8 Å². The lowest BCUT2D eigenvalue weighted by Gasteiger charge is -2.23. The molecule has 0 aliphatic rings. The van der Waals surface area contributed by atoms with Crippen LogP contribution in [0, 0.1) is 6.92 Å². The predicted octanol–water partition coefficient (Wildman–Crippen LogP) is 0.883. The number of aryl methyl sites for hydroxylation is 2. The van der Waals surface area contributed by atoms with Crippen LogP contribution in [0.1, 0.15) is 24.5 Å². The highest BCUT2D eigenvalue weighted by atomic mass is 16.3. The predicted molar refractivity (Wildman–Crippen MR) is 81.8 cm³/mol. The van der Waals surface area contributed by atoms with Gasteiger partial charge in [-0.25, -0.2) is 0 Å². The Hall–Kier alpha value is -1.88. The van der Waals surface area contributed by atoms with Crippen LogP contribution in [0.25, 0.3) is 0 Å². The lowest BCUT2D eigenvalue weighted by atomic mass is 10.1. The van der Waals surface area contributed by atoms with E-state index in [2.05, 4.69) is 5.32 Å². The summed E-state index contributed by atoms with van der Waals surface area (Å²) in [6.45, 7) is 3.64. The van der Waals surface area contributed by atoms with Crippen molar-refractivity contribution in [3.8, 4) is 0 Å². The van der Waals surface area contributed by atoms with Crippen molar-refractivity contribution < 1.29 is 14.7 Å². The highest BCUT2D eigenvalue weighted by molar-refractivity contribution is 5.84. The van der Waals surface area contributed by atoms with Crippen LogP contribution in [-0.4, -0.2) is 48.1 Å². The molecule has 0 aromatic heterocycles. The van der Waals surface area contributed by atoms with Crippen molar-refractivity contribution in [3.63, 3.8) is 0 Å². The van der Waals surface area contributed by atoms with Gasteiger partial charge in [0.15, 0.2) is 0 Å². The normalized spacial score (nSPS) is 11.8. The van der Waals surface area contributed by atoms with E-state index in [1.807, 2.05) is 31.2 Å². The van der Waals surface area contributed by atoms with Crippen LogP contribution in [0.15, 0.2) is 24.3 Å². The van der Waals surface area contributed by atoms with E-state index >= 15 is 0 Å². The van der Waals surface area contributed by atoms with Crippen LogP contribution in [0.4, 0.5) is 0 Å². The van der Waals surface area contributed by atoms with E-state index in [9.17, 15) is 9.59 Å². The van der Waals surface area contributed by atoms with Crippen LogP contribution >= 0.6 is 0 Å². The third kappa shape index (κ3) is 5.95. The van der Waals surface area contributed by atoms with Gasteiger partial charge in [0.25, 0.3) is 0 Å². The van der Waals surface area contributed by atoms with Crippen LogP contribution in [0.2, 0.25) is 0 Å². The fourth-order valence-corrected chi connectivity index (χ4v) is 1.77. The summed E-state index contributed by atoms with van der Waals surface area (Å²) in [4.78, 5) is 24.9. The van der Waals surface area contributed by atoms with Gasteiger partial charge in [0.2, 0.25) is 11.8 Å². The molecule has 1 unspecified atom stereocenters. The number of carbonyl (C=O) groups is 2. The number of hydrogen-bond acceptors (Lipinski definition) is 3. The number of carbonyl (C=O) groups excluding carboxylic acids is 2. The van der Waals surface area contributed by atoms with Crippen LogP contribution in [-0.2, 0) is 16.0 Å². The number of amides is 2. The Morgan fingerprint density at radius 3 is 2.48 bits per heavy atom. The summed E-state index contributed by atoms with van der Waals surface area (Å²) < 4.78 is 0. The van der Waals surface area contributed by atoms with Gasteiger partial charge in [-0.3, -0.25) is 9.59 Å². The SMILES string of the molecule is Cc1ccc(CCC(=O)NCC(=O)N(C)C(C)CO)cc1. The zero-order valence-electron chi connectivity index (χ0n) is 12.9. The molecule has 0 bridgehead atoms. The van der Waals surface area contributed by atoms with Crippen molar-refractivity contribution in [1.82, 2.24) is 10.2 Å². The standard InChI is InChI=1S/C16H24N2O3/c1-12-4-6-14(7-5-12)8-9-15(20)17-10-16(21)18(3)13(2)11-19/h4-7,13,19H,8-11H2,1-3H3,(H,17,20). The van der Waals surface area contributed by atoms with Gasteiger partial charge in [-0.05, 0) is 25.8 Å². The van der Waals surface area contributed by atoms with E-state index in [-0.39, 0.29) is 31.0 Å². The third-order valence-electron chi connectivity index (χ3n) is 3.52. The number of benzene rings is 1. The summed E-state index contributed by atoms with van der Waals surface area (Å²) in [6.07, 6.45) is 1.01. The van der Waals surface area contributed by atoms with Crippen molar-refractivity contribution in [1.29, 1.82) is 0 Å². The van der Waals surface area contributed by atoms with E-state index < -0.39 is 0 Å². The quantitative estimate of drug-likeness (QED) is 0.784. The van der Waals surface area contributed by atoms with E-state index in [4.69, 9.17) is 5.11 Å². The summed E-state index contributed by atoms with van der Waals surface area (Å²) in [7, 11) is 1.61. The Kier molecular flexibility index (Phi) is 6.88. The number of rotatable bonds is 7. The van der Waals surface area contributed by atoms with Crippen molar-refractivity contribution in [2.45, 2.75) is 32.7 Å². The molecule has 1 aromatic carbocycles. The first-order chi connectivity index (χ1) is 9.93. The Balaban J connectivity index is 2.31. The van der Waals surface area contributed by atoms with E-state index in [1.165, 1.54) is 10.5 Å². The molecular formula is C16H24N2O3. The maximum Gasteiger partial charge on any atom is 0.242 e. The Morgan fingerprint density at radius 1 is 1.29 bits per heavy atom. The molecule has 0 heterocycles. The first-order valence-electron chi connectivity index (χ1n) is 7.12. The molecule has 21 heavy (non-hydrogen) atoms.